The molecule has 17 heavy (non-hydrogen) atoms. The zero-order valence-corrected chi connectivity index (χ0v) is 12.5. The van der Waals surface area contributed by atoms with Crippen LogP contribution in [0.15, 0.2) is 32.7 Å². The SMILES string of the molecule is CC(C)C(C)Sc1ccc(/C(N)=N/O)cc1Br. The fourth-order valence-electron chi connectivity index (χ4n) is 1.15. The molecule has 0 saturated carbocycles. The third-order valence-electron chi connectivity index (χ3n) is 2.59. The van der Waals surface area contributed by atoms with E-state index in [0.29, 0.717) is 16.7 Å². The van der Waals surface area contributed by atoms with Crippen LogP contribution in [-0.2, 0) is 0 Å². The number of oxime groups is 1. The zero-order valence-electron chi connectivity index (χ0n) is 10.1. The van der Waals surface area contributed by atoms with Gasteiger partial charge >= 0.3 is 0 Å². The minimum atomic E-state index is 0.124. The third kappa shape index (κ3) is 3.92. The lowest BCUT2D eigenvalue weighted by Gasteiger charge is -2.16. The van der Waals surface area contributed by atoms with Crippen LogP contribution in [-0.4, -0.2) is 16.3 Å². The maximum Gasteiger partial charge on any atom is 0.170 e. The van der Waals surface area contributed by atoms with Gasteiger partial charge in [0.15, 0.2) is 5.84 Å². The van der Waals surface area contributed by atoms with Crippen LogP contribution >= 0.6 is 27.7 Å². The van der Waals surface area contributed by atoms with E-state index in [1.165, 1.54) is 4.90 Å². The second-order valence-electron chi connectivity index (χ2n) is 4.20. The van der Waals surface area contributed by atoms with Gasteiger partial charge in [0.05, 0.1) is 0 Å². The lowest BCUT2D eigenvalue weighted by atomic mass is 10.2. The Hall–Kier alpha value is -0.680. The lowest BCUT2D eigenvalue weighted by Crippen LogP contribution is -2.13. The first-order valence-electron chi connectivity index (χ1n) is 5.39. The molecule has 0 aliphatic carbocycles. The lowest BCUT2D eigenvalue weighted by molar-refractivity contribution is 0.318. The maximum absolute atomic E-state index is 8.61. The predicted molar refractivity (Wildman–Crippen MR) is 76.8 cm³/mol. The maximum atomic E-state index is 8.61. The quantitative estimate of drug-likeness (QED) is 0.293. The van der Waals surface area contributed by atoms with E-state index in [-0.39, 0.29) is 5.84 Å². The van der Waals surface area contributed by atoms with E-state index in [2.05, 4.69) is 41.9 Å². The molecule has 0 heterocycles. The number of halogens is 1. The molecule has 1 aromatic carbocycles. The summed E-state index contributed by atoms with van der Waals surface area (Å²) in [5, 5.41) is 12.1. The van der Waals surface area contributed by atoms with Gasteiger partial charge in [-0.05, 0) is 40.0 Å². The van der Waals surface area contributed by atoms with Gasteiger partial charge in [-0.25, -0.2) is 0 Å². The smallest absolute Gasteiger partial charge is 0.170 e. The summed E-state index contributed by atoms with van der Waals surface area (Å²) in [5.74, 6) is 0.745. The summed E-state index contributed by atoms with van der Waals surface area (Å²) in [6.07, 6.45) is 0. The highest BCUT2D eigenvalue weighted by Crippen LogP contribution is 2.33. The van der Waals surface area contributed by atoms with E-state index in [0.717, 1.165) is 4.47 Å². The van der Waals surface area contributed by atoms with Crippen molar-refractivity contribution in [1.82, 2.24) is 0 Å². The van der Waals surface area contributed by atoms with Crippen molar-refractivity contribution in [2.24, 2.45) is 16.8 Å². The minimum absolute atomic E-state index is 0.124. The van der Waals surface area contributed by atoms with Crippen LogP contribution in [0.25, 0.3) is 0 Å². The highest BCUT2D eigenvalue weighted by molar-refractivity contribution is 9.10. The first kappa shape index (κ1) is 14.4. The Bertz CT molecular complexity index is 421. The largest absolute Gasteiger partial charge is 0.409 e. The molecule has 1 aromatic rings. The highest BCUT2D eigenvalue weighted by atomic mass is 79.9. The molecule has 1 unspecified atom stereocenters. The van der Waals surface area contributed by atoms with Crippen LogP contribution in [0.2, 0.25) is 0 Å². The van der Waals surface area contributed by atoms with Crippen molar-refractivity contribution >= 4 is 33.5 Å². The second-order valence-corrected chi connectivity index (χ2v) is 6.47. The van der Waals surface area contributed by atoms with E-state index in [1.807, 2.05) is 30.0 Å². The Morgan fingerprint density at radius 1 is 1.41 bits per heavy atom. The van der Waals surface area contributed by atoms with Crippen molar-refractivity contribution in [2.75, 3.05) is 0 Å². The fraction of sp³-hybridized carbons (Fsp3) is 0.417. The fourth-order valence-corrected chi connectivity index (χ4v) is 2.80. The van der Waals surface area contributed by atoms with Gasteiger partial charge in [0.25, 0.3) is 0 Å². The molecule has 94 valence electrons. The van der Waals surface area contributed by atoms with Crippen molar-refractivity contribution in [2.45, 2.75) is 30.9 Å². The van der Waals surface area contributed by atoms with Crippen molar-refractivity contribution in [1.29, 1.82) is 0 Å². The third-order valence-corrected chi connectivity index (χ3v) is 5.03. The van der Waals surface area contributed by atoms with Crippen LogP contribution in [0.5, 0.6) is 0 Å². The highest BCUT2D eigenvalue weighted by Gasteiger charge is 2.12. The summed E-state index contributed by atoms with van der Waals surface area (Å²) in [5.41, 5.74) is 6.24. The predicted octanol–water partition coefficient (Wildman–Crippen LogP) is 3.68. The molecule has 3 N–H and O–H groups in total. The molecule has 5 heteroatoms. The number of hydrogen-bond acceptors (Lipinski definition) is 3. The Kier molecular flexibility index (Phi) is 5.33. The Balaban J connectivity index is 2.91. The van der Waals surface area contributed by atoms with Gasteiger partial charge in [0.2, 0.25) is 0 Å². The number of thioether (sulfide) groups is 1. The average molecular weight is 317 g/mol. The summed E-state index contributed by atoms with van der Waals surface area (Å²) in [6.45, 7) is 6.62. The number of rotatable bonds is 4. The van der Waals surface area contributed by atoms with Gasteiger partial charge in [-0.2, -0.15) is 0 Å². The molecule has 0 aromatic heterocycles. The van der Waals surface area contributed by atoms with Crippen LogP contribution in [0.1, 0.15) is 26.3 Å². The van der Waals surface area contributed by atoms with Crippen LogP contribution in [0, 0.1) is 5.92 Å². The number of nitrogens with two attached hydrogens (primary N) is 1. The molecule has 1 atom stereocenters. The summed E-state index contributed by atoms with van der Waals surface area (Å²) >= 11 is 5.33. The van der Waals surface area contributed by atoms with Crippen LogP contribution in [0.4, 0.5) is 0 Å². The van der Waals surface area contributed by atoms with E-state index in [9.17, 15) is 0 Å². The van der Waals surface area contributed by atoms with Gasteiger partial charge < -0.3 is 10.9 Å². The van der Waals surface area contributed by atoms with Gasteiger partial charge in [0.1, 0.15) is 0 Å². The van der Waals surface area contributed by atoms with Crippen LogP contribution < -0.4 is 5.73 Å². The molecule has 0 saturated heterocycles. The van der Waals surface area contributed by atoms with Crippen LogP contribution in [0.3, 0.4) is 0 Å². The van der Waals surface area contributed by atoms with Crippen molar-refractivity contribution in [3.63, 3.8) is 0 Å². The van der Waals surface area contributed by atoms with E-state index >= 15 is 0 Å². The molecule has 0 spiro atoms. The van der Waals surface area contributed by atoms with E-state index < -0.39 is 0 Å². The first-order valence-corrected chi connectivity index (χ1v) is 7.07. The zero-order chi connectivity index (χ0) is 13.0. The second kappa shape index (κ2) is 6.31. The number of hydrogen-bond donors (Lipinski definition) is 2. The summed E-state index contributed by atoms with van der Waals surface area (Å²) in [6, 6.07) is 5.71. The molecule has 0 aliphatic rings. The molecule has 0 amide bonds. The van der Waals surface area contributed by atoms with Crippen molar-refractivity contribution in [3.05, 3.63) is 28.2 Å². The normalized spacial score (nSPS) is 14.1. The first-order chi connectivity index (χ1) is 7.95. The van der Waals surface area contributed by atoms with Crippen molar-refractivity contribution in [3.8, 4) is 0 Å². The summed E-state index contributed by atoms with van der Waals surface area (Å²) in [7, 11) is 0. The van der Waals surface area contributed by atoms with Gasteiger partial charge in [-0.15, -0.1) is 11.8 Å². The Labute approximate surface area is 115 Å². The molecule has 1 rings (SSSR count). The van der Waals surface area contributed by atoms with E-state index in [4.69, 9.17) is 10.9 Å². The summed E-state index contributed by atoms with van der Waals surface area (Å²) < 4.78 is 0.971. The molecular formula is C12H17BrN2OS. The number of amidine groups is 1. The molecule has 0 radical (unpaired) electrons. The van der Waals surface area contributed by atoms with Gasteiger partial charge in [-0.1, -0.05) is 25.9 Å². The molecular weight excluding hydrogens is 300 g/mol. The van der Waals surface area contributed by atoms with E-state index in [1.54, 1.807) is 0 Å². The number of benzene rings is 1. The van der Waals surface area contributed by atoms with Gasteiger partial charge in [-0.3, -0.25) is 0 Å². The monoisotopic (exact) mass is 316 g/mol. The molecule has 3 nitrogen and oxygen atoms in total. The molecule has 0 aliphatic heterocycles. The summed E-state index contributed by atoms with van der Waals surface area (Å²) in [4.78, 5) is 1.17. The average Bonchev–Trinajstić information content (AvgIpc) is 2.30. The minimum Gasteiger partial charge on any atom is -0.409 e. The molecule has 0 fully saturated rings. The van der Waals surface area contributed by atoms with Gasteiger partial charge in [0, 0.05) is 20.2 Å². The number of nitrogens with zero attached hydrogens (tertiary/aromatic N) is 1. The van der Waals surface area contributed by atoms with Crippen molar-refractivity contribution < 1.29 is 5.21 Å². The topological polar surface area (TPSA) is 58.6 Å². The Morgan fingerprint density at radius 3 is 2.53 bits per heavy atom. The Morgan fingerprint density at radius 2 is 2.06 bits per heavy atom. The molecule has 0 bridgehead atoms. The standard InChI is InChI=1S/C12H17BrN2OS/c1-7(2)8(3)17-11-5-4-9(6-10(11)13)12(14)15-16/h4-8,16H,1-3H3,(H2,14,15).